The van der Waals surface area contributed by atoms with E-state index in [-0.39, 0.29) is 6.04 Å². The first-order valence-corrected chi connectivity index (χ1v) is 8.39. The van der Waals surface area contributed by atoms with Gasteiger partial charge in [-0.05, 0) is 38.5 Å². The van der Waals surface area contributed by atoms with E-state index in [0.717, 1.165) is 32.1 Å². The Morgan fingerprint density at radius 2 is 2.00 bits per heavy atom. The Morgan fingerprint density at radius 1 is 1.32 bits per heavy atom. The van der Waals surface area contributed by atoms with Crippen molar-refractivity contribution in [3.63, 3.8) is 0 Å². The molecule has 2 fully saturated rings. The summed E-state index contributed by atoms with van der Waals surface area (Å²) in [4.78, 5) is 11.3. The third-order valence-electron chi connectivity index (χ3n) is 3.73. The van der Waals surface area contributed by atoms with Crippen LogP contribution < -0.4 is 0 Å². The van der Waals surface area contributed by atoms with Crippen LogP contribution in [0.3, 0.4) is 0 Å². The highest BCUT2D eigenvalue weighted by molar-refractivity contribution is 7.86. The Balaban J connectivity index is 2.22. The van der Waals surface area contributed by atoms with Crippen molar-refractivity contribution in [3.05, 3.63) is 0 Å². The highest BCUT2D eigenvalue weighted by atomic mass is 32.2. The van der Waals surface area contributed by atoms with Crippen molar-refractivity contribution in [2.45, 2.75) is 57.5 Å². The first-order valence-electron chi connectivity index (χ1n) is 7.00. The number of carboxylic acids is 1. The summed E-state index contributed by atoms with van der Waals surface area (Å²) < 4.78 is 28.0. The van der Waals surface area contributed by atoms with Gasteiger partial charge in [0, 0.05) is 19.1 Å². The quantitative estimate of drug-likeness (QED) is 0.793. The molecule has 1 aliphatic carbocycles. The van der Waals surface area contributed by atoms with E-state index in [1.165, 1.54) is 8.61 Å². The Hall–Kier alpha value is -0.660. The monoisotopic (exact) mass is 290 g/mol. The lowest BCUT2D eigenvalue weighted by molar-refractivity contribution is -0.142. The second-order valence-electron chi connectivity index (χ2n) is 5.31. The Morgan fingerprint density at radius 3 is 2.53 bits per heavy atom. The molecule has 0 radical (unpaired) electrons. The number of carbonyl (C=O) groups is 1. The van der Waals surface area contributed by atoms with Gasteiger partial charge in [0.2, 0.25) is 0 Å². The van der Waals surface area contributed by atoms with E-state index >= 15 is 0 Å². The summed E-state index contributed by atoms with van der Waals surface area (Å²) in [7, 11) is -3.63. The fourth-order valence-corrected chi connectivity index (χ4v) is 4.78. The van der Waals surface area contributed by atoms with E-state index in [9.17, 15) is 18.3 Å². The first kappa shape index (κ1) is 14.7. The number of nitrogens with zero attached hydrogens (tertiary/aromatic N) is 2. The second-order valence-corrected chi connectivity index (χ2v) is 7.14. The number of hydrogen-bond donors (Lipinski definition) is 1. The number of hydrogen-bond acceptors (Lipinski definition) is 3. The molecule has 1 unspecified atom stereocenters. The largest absolute Gasteiger partial charge is 0.480 e. The number of rotatable bonds is 6. The zero-order valence-corrected chi connectivity index (χ0v) is 12.1. The van der Waals surface area contributed by atoms with Crippen molar-refractivity contribution in [1.82, 2.24) is 8.61 Å². The van der Waals surface area contributed by atoms with E-state index < -0.39 is 22.2 Å². The maximum absolute atomic E-state index is 12.7. The third kappa shape index (κ3) is 3.09. The van der Waals surface area contributed by atoms with Gasteiger partial charge in [-0.1, -0.05) is 6.92 Å². The topological polar surface area (TPSA) is 77.9 Å². The summed E-state index contributed by atoms with van der Waals surface area (Å²) in [6.07, 6.45) is 4.48. The maximum Gasteiger partial charge on any atom is 0.322 e. The SMILES string of the molecule is CCCN(C1CC1)S(=O)(=O)N1CCCCC1C(=O)O. The minimum absolute atomic E-state index is 0.0846. The van der Waals surface area contributed by atoms with E-state index in [2.05, 4.69) is 0 Å². The van der Waals surface area contributed by atoms with Crippen LogP contribution >= 0.6 is 0 Å². The van der Waals surface area contributed by atoms with Crippen molar-refractivity contribution >= 4 is 16.2 Å². The van der Waals surface area contributed by atoms with Gasteiger partial charge < -0.3 is 5.11 Å². The fraction of sp³-hybridized carbons (Fsp3) is 0.917. The van der Waals surface area contributed by atoms with Crippen LogP contribution in [0.1, 0.15) is 45.4 Å². The van der Waals surface area contributed by atoms with Gasteiger partial charge in [-0.2, -0.15) is 17.0 Å². The minimum Gasteiger partial charge on any atom is -0.480 e. The molecular formula is C12H22N2O4S. The van der Waals surface area contributed by atoms with E-state index in [4.69, 9.17) is 0 Å². The molecule has 1 aliphatic heterocycles. The molecule has 0 aromatic carbocycles. The van der Waals surface area contributed by atoms with Crippen LogP contribution in [0.4, 0.5) is 0 Å². The number of carboxylic acid groups (broad SMARTS) is 1. The average molecular weight is 290 g/mol. The minimum atomic E-state index is -3.63. The molecule has 0 amide bonds. The van der Waals surface area contributed by atoms with Gasteiger partial charge >= 0.3 is 5.97 Å². The lowest BCUT2D eigenvalue weighted by atomic mass is 10.1. The zero-order chi connectivity index (χ0) is 14.0. The van der Waals surface area contributed by atoms with E-state index in [1.54, 1.807) is 0 Å². The highest BCUT2D eigenvalue weighted by Gasteiger charge is 2.44. The van der Waals surface area contributed by atoms with Crippen LogP contribution in [0.5, 0.6) is 0 Å². The Labute approximate surface area is 114 Å². The standard InChI is InChI=1S/C12H22N2O4S/c1-2-8-13(10-6-7-10)19(17,18)14-9-4-3-5-11(14)12(15)16/h10-11H,2-9H2,1H3,(H,15,16). The van der Waals surface area contributed by atoms with Gasteiger partial charge in [0.15, 0.2) is 0 Å². The van der Waals surface area contributed by atoms with Gasteiger partial charge in [0.1, 0.15) is 6.04 Å². The lowest BCUT2D eigenvalue weighted by Gasteiger charge is -2.36. The molecule has 1 saturated heterocycles. The van der Waals surface area contributed by atoms with E-state index in [1.807, 2.05) is 6.92 Å². The summed E-state index contributed by atoms with van der Waals surface area (Å²) in [6, 6.07) is -0.807. The Kier molecular flexibility index (Phi) is 4.47. The molecule has 1 heterocycles. The summed E-state index contributed by atoms with van der Waals surface area (Å²) in [5.41, 5.74) is 0. The maximum atomic E-state index is 12.7. The van der Waals surface area contributed by atoms with Gasteiger partial charge in [0.25, 0.3) is 10.2 Å². The van der Waals surface area contributed by atoms with Crippen molar-refractivity contribution < 1.29 is 18.3 Å². The molecule has 19 heavy (non-hydrogen) atoms. The second kappa shape index (κ2) is 5.76. The van der Waals surface area contributed by atoms with Crippen molar-refractivity contribution in [2.75, 3.05) is 13.1 Å². The molecule has 0 aromatic rings. The van der Waals surface area contributed by atoms with Crippen molar-refractivity contribution in [1.29, 1.82) is 0 Å². The summed E-state index contributed by atoms with van der Waals surface area (Å²) >= 11 is 0. The van der Waals surface area contributed by atoms with Gasteiger partial charge in [0.05, 0.1) is 0 Å². The molecular weight excluding hydrogens is 268 g/mol. The van der Waals surface area contributed by atoms with E-state index in [0.29, 0.717) is 19.5 Å². The lowest BCUT2D eigenvalue weighted by Crippen LogP contribution is -2.54. The molecule has 6 nitrogen and oxygen atoms in total. The average Bonchev–Trinajstić information content (AvgIpc) is 3.20. The summed E-state index contributed by atoms with van der Waals surface area (Å²) in [5, 5.41) is 9.21. The van der Waals surface area contributed by atoms with Crippen LogP contribution in [-0.4, -0.2) is 53.3 Å². The molecule has 0 aromatic heterocycles. The molecule has 1 saturated carbocycles. The molecule has 7 heteroatoms. The van der Waals surface area contributed by atoms with Crippen molar-refractivity contribution in [3.8, 4) is 0 Å². The predicted octanol–water partition coefficient (Wildman–Crippen LogP) is 1.04. The molecule has 1 atom stereocenters. The van der Waals surface area contributed by atoms with Crippen LogP contribution in [0.15, 0.2) is 0 Å². The normalized spacial score (nSPS) is 25.7. The third-order valence-corrected chi connectivity index (χ3v) is 5.83. The highest BCUT2D eigenvalue weighted by Crippen LogP contribution is 2.32. The van der Waals surface area contributed by atoms with Crippen LogP contribution in [-0.2, 0) is 15.0 Å². The van der Waals surface area contributed by atoms with Crippen LogP contribution in [0, 0.1) is 0 Å². The molecule has 0 bridgehead atoms. The van der Waals surface area contributed by atoms with Crippen molar-refractivity contribution in [2.24, 2.45) is 0 Å². The molecule has 0 spiro atoms. The number of aliphatic carboxylic acids is 1. The predicted molar refractivity (Wildman–Crippen MR) is 70.9 cm³/mol. The first-order chi connectivity index (χ1) is 8.98. The van der Waals surface area contributed by atoms with Crippen LogP contribution in [0.25, 0.3) is 0 Å². The molecule has 110 valence electrons. The Bertz CT molecular complexity index is 433. The summed E-state index contributed by atoms with van der Waals surface area (Å²) in [6.45, 7) is 2.75. The molecule has 2 rings (SSSR count). The fourth-order valence-electron chi connectivity index (χ4n) is 2.63. The summed E-state index contributed by atoms with van der Waals surface area (Å²) in [5.74, 6) is -1.03. The van der Waals surface area contributed by atoms with Gasteiger partial charge in [-0.3, -0.25) is 4.79 Å². The number of piperidine rings is 1. The smallest absolute Gasteiger partial charge is 0.322 e. The molecule has 1 N–H and O–H groups in total. The molecule has 2 aliphatic rings. The van der Waals surface area contributed by atoms with Gasteiger partial charge in [-0.15, -0.1) is 0 Å². The zero-order valence-electron chi connectivity index (χ0n) is 11.3. The van der Waals surface area contributed by atoms with Crippen LogP contribution in [0.2, 0.25) is 0 Å². The van der Waals surface area contributed by atoms with Gasteiger partial charge in [-0.25, -0.2) is 0 Å².